The van der Waals surface area contributed by atoms with Crippen LogP contribution < -0.4 is 0 Å². The molecule has 0 bridgehead atoms. The number of likely N-dealkylation sites (N-methyl/N-ethyl adjacent to an activating group) is 1. The number of esters is 1. The normalized spacial score (nSPS) is 14.9. The van der Waals surface area contributed by atoms with E-state index in [0.29, 0.717) is 17.4 Å². The Kier molecular flexibility index (Phi) is 13.2. The molecule has 0 aliphatic rings. The van der Waals surface area contributed by atoms with Gasteiger partial charge in [-0.1, -0.05) is 56.2 Å². The van der Waals surface area contributed by atoms with Crippen molar-refractivity contribution < 1.29 is 29.0 Å². The van der Waals surface area contributed by atoms with Crippen molar-refractivity contribution in [1.82, 2.24) is 0 Å². The number of carboxylic acids is 1. The lowest BCUT2D eigenvalue weighted by molar-refractivity contribution is -0.873. The molecule has 0 aromatic heterocycles. The summed E-state index contributed by atoms with van der Waals surface area (Å²) in [5.41, 5.74) is 0. The molecule has 2 atom stereocenters. The Bertz CT molecular complexity index is 517. The molecule has 6 nitrogen and oxygen atoms in total. The van der Waals surface area contributed by atoms with Crippen LogP contribution in [0.3, 0.4) is 0 Å². The zero-order valence-electron chi connectivity index (χ0n) is 17.1. The molecule has 154 valence electrons. The van der Waals surface area contributed by atoms with Gasteiger partial charge in [-0.15, -0.1) is 0 Å². The van der Waals surface area contributed by atoms with Crippen LogP contribution in [-0.2, 0) is 14.3 Å². The maximum absolute atomic E-state index is 12.0. The molecule has 0 aromatic rings. The molecule has 0 heterocycles. The van der Waals surface area contributed by atoms with E-state index < -0.39 is 24.1 Å². The van der Waals surface area contributed by atoms with E-state index >= 15 is 0 Å². The van der Waals surface area contributed by atoms with Crippen molar-refractivity contribution in [3.8, 4) is 0 Å². The Balaban J connectivity index is 4.27. The number of rotatable bonds is 14. The van der Waals surface area contributed by atoms with E-state index in [1.54, 1.807) is 6.08 Å². The van der Waals surface area contributed by atoms with Gasteiger partial charge < -0.3 is 19.4 Å². The average molecular weight is 383 g/mol. The van der Waals surface area contributed by atoms with E-state index in [9.17, 15) is 14.7 Å². The zero-order valence-corrected chi connectivity index (χ0v) is 17.1. The van der Waals surface area contributed by atoms with Gasteiger partial charge in [-0.25, -0.2) is 0 Å². The van der Waals surface area contributed by atoms with Crippen LogP contribution in [-0.4, -0.2) is 66.5 Å². The summed E-state index contributed by atoms with van der Waals surface area (Å²) in [6, 6.07) is 0. The van der Waals surface area contributed by atoms with Crippen LogP contribution in [0, 0.1) is 0 Å². The zero-order chi connectivity index (χ0) is 20.7. The van der Waals surface area contributed by atoms with Gasteiger partial charge in [0, 0.05) is 0 Å². The Morgan fingerprint density at radius 3 is 2.22 bits per heavy atom. The fourth-order valence-electron chi connectivity index (χ4n) is 2.40. The van der Waals surface area contributed by atoms with Crippen molar-refractivity contribution in [2.75, 3.05) is 27.7 Å². The number of carbonyl (C=O) groups is 2. The lowest BCUT2D eigenvalue weighted by atomic mass is 10.1. The Morgan fingerprint density at radius 1 is 1.04 bits per heavy atom. The van der Waals surface area contributed by atoms with E-state index in [2.05, 4.69) is 13.0 Å². The molecule has 0 radical (unpaired) electrons. The number of ether oxygens (including phenoxy) is 1. The largest absolute Gasteiger partial charge is 0.481 e. The molecule has 0 saturated carbocycles. The Morgan fingerprint density at radius 2 is 1.67 bits per heavy atom. The van der Waals surface area contributed by atoms with Gasteiger partial charge in [-0.05, 0) is 12.8 Å². The van der Waals surface area contributed by atoms with Crippen molar-refractivity contribution in [3.63, 3.8) is 0 Å². The number of carbonyl (C=O) groups excluding carboxylic acids is 1. The van der Waals surface area contributed by atoms with Gasteiger partial charge in [-0.3, -0.25) is 9.59 Å². The minimum atomic E-state index is -1.01. The molecular formula is C21H36NO5+. The number of aliphatic hydroxyl groups is 1. The monoisotopic (exact) mass is 382 g/mol. The van der Waals surface area contributed by atoms with Crippen molar-refractivity contribution in [2.45, 2.75) is 57.7 Å². The van der Waals surface area contributed by atoms with Crippen LogP contribution in [0.2, 0.25) is 0 Å². The van der Waals surface area contributed by atoms with Crippen molar-refractivity contribution in [2.24, 2.45) is 0 Å². The first kappa shape index (κ1) is 25.1. The van der Waals surface area contributed by atoms with Gasteiger partial charge in [0.2, 0.25) is 0 Å². The summed E-state index contributed by atoms with van der Waals surface area (Å²) in [6.07, 6.45) is 13.3. The first-order valence-corrected chi connectivity index (χ1v) is 9.52. The number of hydrogen-bond donors (Lipinski definition) is 2. The molecule has 2 unspecified atom stereocenters. The highest BCUT2D eigenvalue weighted by Gasteiger charge is 2.25. The summed E-state index contributed by atoms with van der Waals surface area (Å²) in [7, 11) is 5.69. The maximum Gasteiger partial charge on any atom is 0.308 e. The second-order valence-electron chi connectivity index (χ2n) is 7.66. The van der Waals surface area contributed by atoms with Crippen LogP contribution in [0.25, 0.3) is 0 Å². The van der Waals surface area contributed by atoms with Crippen LogP contribution in [0.15, 0.2) is 36.5 Å². The molecule has 0 rings (SSSR count). The first-order valence-electron chi connectivity index (χ1n) is 9.52. The number of unbranched alkanes of at least 4 members (excludes halogenated alkanes) is 2. The predicted molar refractivity (Wildman–Crippen MR) is 107 cm³/mol. The number of nitrogens with zero attached hydrogens (tertiary/aromatic N) is 1. The highest BCUT2D eigenvalue weighted by Crippen LogP contribution is 2.09. The van der Waals surface area contributed by atoms with E-state index in [0.717, 1.165) is 6.42 Å². The fourth-order valence-corrected chi connectivity index (χ4v) is 2.40. The molecule has 27 heavy (non-hydrogen) atoms. The average Bonchev–Trinajstić information content (AvgIpc) is 2.50. The number of carboxylic acid groups (broad SMARTS) is 1. The maximum atomic E-state index is 12.0. The van der Waals surface area contributed by atoms with Gasteiger partial charge in [0.1, 0.15) is 6.54 Å². The summed E-state index contributed by atoms with van der Waals surface area (Å²) >= 11 is 0. The minimum Gasteiger partial charge on any atom is -0.481 e. The van der Waals surface area contributed by atoms with Crippen LogP contribution in [0.4, 0.5) is 0 Å². The summed E-state index contributed by atoms with van der Waals surface area (Å²) in [4.78, 5) is 22.9. The number of aliphatic hydroxyl groups excluding tert-OH is 1. The lowest BCUT2D eigenvalue weighted by Crippen LogP contribution is -2.44. The van der Waals surface area contributed by atoms with Gasteiger partial charge in [-0.2, -0.15) is 0 Å². The predicted octanol–water partition coefficient (Wildman–Crippen LogP) is 3.08. The summed E-state index contributed by atoms with van der Waals surface area (Å²) < 4.78 is 5.74. The quantitative estimate of drug-likeness (QED) is 0.209. The molecular weight excluding hydrogens is 346 g/mol. The van der Waals surface area contributed by atoms with Crippen LogP contribution in [0.5, 0.6) is 0 Å². The highest BCUT2D eigenvalue weighted by molar-refractivity contribution is 5.72. The third kappa shape index (κ3) is 17.3. The topological polar surface area (TPSA) is 83.8 Å². The van der Waals surface area contributed by atoms with Crippen molar-refractivity contribution in [1.29, 1.82) is 0 Å². The molecule has 0 saturated heterocycles. The standard InChI is InChI=1S/C21H35NO5/c1-5-6-7-8-9-10-11-12-13-14-18(23)15-21(26)27-19(16-20(24)25)17-22(2,3)4/h8-13,18-19,23H,5-7,14-17H2,1-4H3/p+1/b9-8+,11-10+,13-12+. The summed E-state index contributed by atoms with van der Waals surface area (Å²) in [5.74, 6) is -1.59. The fraction of sp³-hybridized carbons (Fsp3) is 0.619. The first-order chi connectivity index (χ1) is 12.6. The van der Waals surface area contributed by atoms with E-state index in [1.165, 1.54) is 12.8 Å². The van der Waals surface area contributed by atoms with E-state index in [4.69, 9.17) is 9.84 Å². The lowest BCUT2D eigenvalue weighted by Gasteiger charge is -2.28. The molecule has 6 heteroatoms. The van der Waals surface area contributed by atoms with Gasteiger partial charge >= 0.3 is 11.9 Å². The number of aliphatic carboxylic acids is 1. The molecule has 0 fully saturated rings. The second-order valence-corrected chi connectivity index (χ2v) is 7.66. The number of quaternary nitrogens is 1. The molecule has 0 aromatic carbocycles. The highest BCUT2D eigenvalue weighted by atomic mass is 16.5. The Hall–Kier alpha value is -1.92. The van der Waals surface area contributed by atoms with E-state index in [1.807, 2.05) is 45.4 Å². The smallest absolute Gasteiger partial charge is 0.308 e. The SMILES string of the molecule is CCCC/C=C/C=C/C=C/CC(O)CC(=O)OC(CC(=O)O)C[N+](C)(C)C. The third-order valence-corrected chi connectivity index (χ3v) is 3.59. The Labute approximate surface area is 163 Å². The van der Waals surface area contributed by atoms with E-state index in [-0.39, 0.29) is 12.8 Å². The molecule has 0 amide bonds. The number of allylic oxidation sites excluding steroid dienone is 5. The third-order valence-electron chi connectivity index (χ3n) is 3.59. The minimum absolute atomic E-state index is 0.155. The van der Waals surface area contributed by atoms with Crippen molar-refractivity contribution in [3.05, 3.63) is 36.5 Å². The van der Waals surface area contributed by atoms with Gasteiger partial charge in [0.25, 0.3) is 0 Å². The molecule has 0 spiro atoms. The second kappa shape index (κ2) is 14.2. The van der Waals surface area contributed by atoms with Crippen LogP contribution in [0.1, 0.15) is 45.4 Å². The summed E-state index contributed by atoms with van der Waals surface area (Å²) in [5, 5.41) is 18.9. The molecule has 2 N–H and O–H groups in total. The van der Waals surface area contributed by atoms with Crippen LogP contribution >= 0.6 is 0 Å². The number of hydrogen-bond acceptors (Lipinski definition) is 4. The van der Waals surface area contributed by atoms with Crippen molar-refractivity contribution >= 4 is 11.9 Å². The van der Waals surface area contributed by atoms with Gasteiger partial charge in [0.15, 0.2) is 6.10 Å². The molecule has 0 aliphatic heterocycles. The molecule has 0 aliphatic carbocycles. The van der Waals surface area contributed by atoms with Gasteiger partial charge in [0.05, 0.1) is 40.1 Å². The summed E-state index contributed by atoms with van der Waals surface area (Å²) in [6.45, 7) is 2.55.